The van der Waals surface area contributed by atoms with E-state index in [0.29, 0.717) is 18.4 Å². The molecule has 0 spiro atoms. The summed E-state index contributed by atoms with van der Waals surface area (Å²) in [5, 5.41) is 27.8. The second-order valence-electron chi connectivity index (χ2n) is 4.13. The van der Waals surface area contributed by atoms with Crippen LogP contribution >= 0.6 is 0 Å². The number of phenols is 2. The van der Waals surface area contributed by atoms with Crippen LogP contribution in [0.2, 0.25) is 0 Å². The van der Waals surface area contributed by atoms with Crippen LogP contribution in [0.25, 0.3) is 0 Å². The molecule has 4 nitrogen and oxygen atoms in total. The Kier molecular flexibility index (Phi) is 5.42. The van der Waals surface area contributed by atoms with Crippen molar-refractivity contribution in [1.82, 2.24) is 0 Å². The molecule has 0 heterocycles. The SMILES string of the molecule is O=C(O)c1c(CCCCCCF)ccc(O)c1O. The lowest BCUT2D eigenvalue weighted by Crippen LogP contribution is -2.03. The van der Waals surface area contributed by atoms with Crippen LogP contribution in [0.3, 0.4) is 0 Å². The van der Waals surface area contributed by atoms with Gasteiger partial charge in [0.2, 0.25) is 0 Å². The van der Waals surface area contributed by atoms with Crippen molar-refractivity contribution in [2.45, 2.75) is 32.1 Å². The normalized spacial score (nSPS) is 10.5. The Balaban J connectivity index is 2.70. The summed E-state index contributed by atoms with van der Waals surface area (Å²) in [5.41, 5.74) is 0.235. The first-order valence-electron chi connectivity index (χ1n) is 5.91. The third-order valence-corrected chi connectivity index (χ3v) is 2.79. The second-order valence-corrected chi connectivity index (χ2v) is 4.13. The average molecular weight is 256 g/mol. The summed E-state index contributed by atoms with van der Waals surface area (Å²) in [6, 6.07) is 2.77. The van der Waals surface area contributed by atoms with Gasteiger partial charge in [-0.2, -0.15) is 0 Å². The fourth-order valence-corrected chi connectivity index (χ4v) is 1.83. The Bertz CT molecular complexity index is 418. The standard InChI is InChI=1S/C13H17FO4/c14-8-4-2-1-3-5-9-6-7-10(15)12(16)11(9)13(17)18/h6-7,15-16H,1-5,8H2,(H,17,18). The van der Waals surface area contributed by atoms with Gasteiger partial charge in [-0.25, -0.2) is 4.79 Å². The van der Waals surface area contributed by atoms with Gasteiger partial charge in [-0.3, -0.25) is 4.39 Å². The van der Waals surface area contributed by atoms with Gasteiger partial charge >= 0.3 is 5.97 Å². The van der Waals surface area contributed by atoms with Gasteiger partial charge in [0.15, 0.2) is 11.5 Å². The van der Waals surface area contributed by atoms with Crippen LogP contribution in [0, 0.1) is 0 Å². The number of aromatic hydroxyl groups is 2. The van der Waals surface area contributed by atoms with Crippen molar-refractivity contribution in [3.63, 3.8) is 0 Å². The van der Waals surface area contributed by atoms with Crippen molar-refractivity contribution >= 4 is 5.97 Å². The number of carbonyl (C=O) groups is 1. The molecule has 0 aliphatic heterocycles. The quantitative estimate of drug-likeness (QED) is 0.518. The number of aryl methyl sites for hydroxylation is 1. The molecule has 0 atom stereocenters. The van der Waals surface area contributed by atoms with Crippen molar-refractivity contribution in [2.24, 2.45) is 0 Å². The molecular formula is C13H17FO4. The van der Waals surface area contributed by atoms with Gasteiger partial charge in [-0.15, -0.1) is 0 Å². The molecule has 0 saturated heterocycles. The van der Waals surface area contributed by atoms with Crippen LogP contribution in [0.4, 0.5) is 4.39 Å². The number of hydrogen-bond donors (Lipinski definition) is 3. The molecule has 0 radical (unpaired) electrons. The zero-order valence-corrected chi connectivity index (χ0v) is 10.0. The van der Waals surface area contributed by atoms with Crippen molar-refractivity contribution < 1.29 is 24.5 Å². The molecule has 1 aromatic carbocycles. The maximum atomic E-state index is 11.9. The molecule has 1 aromatic rings. The van der Waals surface area contributed by atoms with Crippen LogP contribution in [0.1, 0.15) is 41.6 Å². The van der Waals surface area contributed by atoms with E-state index in [4.69, 9.17) is 5.11 Å². The molecule has 100 valence electrons. The average Bonchev–Trinajstić information content (AvgIpc) is 2.33. The van der Waals surface area contributed by atoms with Gasteiger partial charge < -0.3 is 15.3 Å². The molecule has 0 saturated carbocycles. The molecule has 3 N–H and O–H groups in total. The first-order valence-corrected chi connectivity index (χ1v) is 5.91. The summed E-state index contributed by atoms with van der Waals surface area (Å²) in [6.07, 6.45) is 3.31. The fraction of sp³-hybridized carbons (Fsp3) is 0.462. The third-order valence-electron chi connectivity index (χ3n) is 2.79. The predicted molar refractivity (Wildman–Crippen MR) is 64.9 cm³/mol. The summed E-state index contributed by atoms with van der Waals surface area (Å²) in [5.74, 6) is -2.29. The lowest BCUT2D eigenvalue weighted by atomic mass is 9.99. The first-order chi connectivity index (χ1) is 8.57. The Morgan fingerprint density at radius 2 is 1.78 bits per heavy atom. The van der Waals surface area contributed by atoms with Crippen molar-refractivity contribution in [3.8, 4) is 11.5 Å². The number of rotatable bonds is 7. The van der Waals surface area contributed by atoms with E-state index < -0.39 is 17.5 Å². The minimum Gasteiger partial charge on any atom is -0.504 e. The number of unbranched alkanes of at least 4 members (excludes halogenated alkanes) is 3. The highest BCUT2D eigenvalue weighted by Gasteiger charge is 2.18. The van der Waals surface area contributed by atoms with Gasteiger partial charge in [0.05, 0.1) is 6.67 Å². The lowest BCUT2D eigenvalue weighted by Gasteiger charge is -2.09. The van der Waals surface area contributed by atoms with Gasteiger partial charge in [-0.05, 0) is 30.9 Å². The number of alkyl halides is 1. The maximum Gasteiger partial charge on any atom is 0.339 e. The minimum atomic E-state index is -1.26. The number of aromatic carboxylic acids is 1. The van der Waals surface area contributed by atoms with E-state index in [2.05, 4.69) is 0 Å². The zero-order valence-electron chi connectivity index (χ0n) is 10.0. The van der Waals surface area contributed by atoms with Crippen LogP contribution in [-0.2, 0) is 6.42 Å². The predicted octanol–water partition coefficient (Wildman–Crippen LogP) is 2.87. The fourth-order valence-electron chi connectivity index (χ4n) is 1.83. The maximum absolute atomic E-state index is 11.9. The first kappa shape index (κ1) is 14.3. The summed E-state index contributed by atoms with van der Waals surface area (Å²) >= 11 is 0. The molecule has 0 aromatic heterocycles. The number of carboxylic acid groups (broad SMARTS) is 1. The number of benzene rings is 1. The topological polar surface area (TPSA) is 77.8 Å². The summed E-state index contributed by atoms with van der Waals surface area (Å²) in [4.78, 5) is 11.0. The highest BCUT2D eigenvalue weighted by Crippen LogP contribution is 2.32. The molecule has 0 aliphatic rings. The minimum absolute atomic E-state index is 0.250. The molecular weight excluding hydrogens is 239 g/mol. The summed E-state index contributed by atoms with van der Waals surface area (Å²) in [7, 11) is 0. The second kappa shape index (κ2) is 6.83. The van der Waals surface area contributed by atoms with Crippen LogP contribution in [0.15, 0.2) is 12.1 Å². The van der Waals surface area contributed by atoms with Gasteiger partial charge in [-0.1, -0.05) is 18.9 Å². The number of phenolic OH excluding ortho intramolecular Hbond substituents is 1. The molecule has 0 aliphatic carbocycles. The van der Waals surface area contributed by atoms with E-state index in [1.165, 1.54) is 12.1 Å². The van der Waals surface area contributed by atoms with Crippen LogP contribution in [-0.4, -0.2) is 28.0 Å². The summed E-state index contributed by atoms with van der Waals surface area (Å²) in [6.45, 7) is -0.333. The highest BCUT2D eigenvalue weighted by atomic mass is 19.1. The highest BCUT2D eigenvalue weighted by molar-refractivity contribution is 5.93. The number of hydrogen-bond acceptors (Lipinski definition) is 3. The molecule has 0 amide bonds. The molecule has 0 bridgehead atoms. The number of halogens is 1. The Morgan fingerprint density at radius 1 is 1.11 bits per heavy atom. The van der Waals surface area contributed by atoms with Gasteiger partial charge in [0.25, 0.3) is 0 Å². The summed E-state index contributed by atoms with van der Waals surface area (Å²) < 4.78 is 11.9. The van der Waals surface area contributed by atoms with E-state index in [0.717, 1.165) is 19.3 Å². The van der Waals surface area contributed by atoms with E-state index in [1.807, 2.05) is 0 Å². The monoisotopic (exact) mass is 256 g/mol. The Morgan fingerprint density at radius 3 is 2.39 bits per heavy atom. The van der Waals surface area contributed by atoms with Crippen molar-refractivity contribution in [3.05, 3.63) is 23.3 Å². The van der Waals surface area contributed by atoms with Gasteiger partial charge in [0.1, 0.15) is 5.56 Å². The number of carboxylic acids is 1. The van der Waals surface area contributed by atoms with E-state index in [-0.39, 0.29) is 12.2 Å². The molecule has 18 heavy (non-hydrogen) atoms. The zero-order chi connectivity index (χ0) is 13.5. The molecule has 0 fully saturated rings. The largest absolute Gasteiger partial charge is 0.504 e. The van der Waals surface area contributed by atoms with E-state index in [9.17, 15) is 19.4 Å². The Hall–Kier alpha value is -1.78. The van der Waals surface area contributed by atoms with Crippen molar-refractivity contribution in [2.75, 3.05) is 6.67 Å². The van der Waals surface area contributed by atoms with E-state index >= 15 is 0 Å². The molecule has 1 rings (SSSR count). The third kappa shape index (κ3) is 3.61. The van der Waals surface area contributed by atoms with Crippen LogP contribution < -0.4 is 0 Å². The molecule has 0 unspecified atom stereocenters. The van der Waals surface area contributed by atoms with E-state index in [1.54, 1.807) is 0 Å². The Labute approximate surface area is 105 Å². The van der Waals surface area contributed by atoms with Crippen LogP contribution in [0.5, 0.6) is 11.5 Å². The smallest absolute Gasteiger partial charge is 0.339 e. The van der Waals surface area contributed by atoms with Crippen molar-refractivity contribution in [1.29, 1.82) is 0 Å². The van der Waals surface area contributed by atoms with Gasteiger partial charge in [0, 0.05) is 0 Å². The molecule has 5 heteroatoms. The lowest BCUT2D eigenvalue weighted by molar-refractivity contribution is 0.0691.